The van der Waals surface area contributed by atoms with Crippen molar-refractivity contribution < 1.29 is 12.8 Å². The molecule has 0 atom stereocenters. The van der Waals surface area contributed by atoms with E-state index in [2.05, 4.69) is 5.32 Å². The van der Waals surface area contributed by atoms with Crippen LogP contribution in [-0.2, 0) is 9.84 Å². The van der Waals surface area contributed by atoms with Crippen LogP contribution in [0.15, 0.2) is 39.8 Å². The van der Waals surface area contributed by atoms with E-state index in [0.29, 0.717) is 17.5 Å². The molecule has 1 aromatic carbocycles. The average molecular weight is 239 g/mol. The highest BCUT2D eigenvalue weighted by atomic mass is 32.2. The number of nitrogens with one attached hydrogen (secondary N) is 1. The Labute approximate surface area is 94.2 Å². The molecule has 1 heterocycles. The van der Waals surface area contributed by atoms with Crippen LogP contribution in [0.25, 0.3) is 11.0 Å². The average Bonchev–Trinajstić information content (AvgIpc) is 2.71. The first kappa shape index (κ1) is 11.2. The first-order valence-electron chi connectivity index (χ1n) is 4.99. The molecule has 2 aromatic rings. The van der Waals surface area contributed by atoms with Crippen molar-refractivity contribution in [2.75, 3.05) is 19.3 Å². The lowest BCUT2D eigenvalue weighted by molar-refractivity contribution is 0.582. The number of fused-ring (bicyclic) bond motifs is 1. The summed E-state index contributed by atoms with van der Waals surface area (Å²) in [5, 5.41) is 3.48. The van der Waals surface area contributed by atoms with Crippen LogP contribution in [0.3, 0.4) is 0 Å². The lowest BCUT2D eigenvalue weighted by Gasteiger charge is -2.01. The lowest BCUT2D eigenvalue weighted by atomic mass is 10.3. The van der Waals surface area contributed by atoms with Crippen molar-refractivity contribution in [3.8, 4) is 0 Å². The standard InChI is InChI=1S/C11H13NO3S/c1-12-6-7-16(13,14)11-8-15-10-5-3-2-4-9(10)11/h2-5,8,12H,6-7H2,1H3. The minimum atomic E-state index is -3.26. The number of hydrogen-bond acceptors (Lipinski definition) is 4. The molecule has 0 bridgehead atoms. The van der Waals surface area contributed by atoms with Crippen LogP contribution in [0.5, 0.6) is 0 Å². The van der Waals surface area contributed by atoms with E-state index in [4.69, 9.17) is 4.42 Å². The second-order valence-corrected chi connectivity index (χ2v) is 5.60. The number of hydrogen-bond donors (Lipinski definition) is 1. The molecule has 0 radical (unpaired) electrons. The molecule has 0 aliphatic carbocycles. The summed E-state index contributed by atoms with van der Waals surface area (Å²) >= 11 is 0. The molecular formula is C11H13NO3S. The zero-order chi connectivity index (χ0) is 11.6. The molecular weight excluding hydrogens is 226 g/mol. The molecule has 5 heteroatoms. The Morgan fingerprint density at radius 1 is 1.31 bits per heavy atom. The largest absolute Gasteiger partial charge is 0.463 e. The van der Waals surface area contributed by atoms with Gasteiger partial charge in [-0.15, -0.1) is 0 Å². The summed E-state index contributed by atoms with van der Waals surface area (Å²) in [7, 11) is -1.54. The molecule has 4 nitrogen and oxygen atoms in total. The molecule has 0 aliphatic heterocycles. The fourth-order valence-corrected chi connectivity index (χ4v) is 2.93. The molecule has 0 spiro atoms. The molecule has 1 aromatic heterocycles. The number of para-hydroxylation sites is 1. The maximum absolute atomic E-state index is 12.0. The van der Waals surface area contributed by atoms with Gasteiger partial charge in [0.1, 0.15) is 16.7 Å². The van der Waals surface area contributed by atoms with E-state index in [1.54, 1.807) is 25.2 Å². The van der Waals surface area contributed by atoms with Gasteiger partial charge in [0.05, 0.1) is 5.75 Å². The van der Waals surface area contributed by atoms with Crippen LogP contribution in [0.4, 0.5) is 0 Å². The zero-order valence-electron chi connectivity index (χ0n) is 8.93. The molecule has 0 unspecified atom stereocenters. The number of sulfone groups is 1. The van der Waals surface area contributed by atoms with Crippen molar-refractivity contribution in [1.29, 1.82) is 0 Å². The molecule has 2 rings (SSSR count). The predicted octanol–water partition coefficient (Wildman–Crippen LogP) is 1.43. The normalized spacial score (nSPS) is 12.1. The van der Waals surface area contributed by atoms with Gasteiger partial charge < -0.3 is 9.73 Å². The Hall–Kier alpha value is -1.33. The Morgan fingerprint density at radius 3 is 2.81 bits per heavy atom. The minimum Gasteiger partial charge on any atom is -0.463 e. The van der Waals surface area contributed by atoms with Crippen molar-refractivity contribution in [1.82, 2.24) is 5.32 Å². The van der Waals surface area contributed by atoms with E-state index < -0.39 is 9.84 Å². The van der Waals surface area contributed by atoms with Gasteiger partial charge in [-0.3, -0.25) is 0 Å². The van der Waals surface area contributed by atoms with Gasteiger partial charge in [-0.2, -0.15) is 0 Å². The third-order valence-corrected chi connectivity index (χ3v) is 4.13. The summed E-state index contributed by atoms with van der Waals surface area (Å²) in [6.07, 6.45) is 1.32. The highest BCUT2D eigenvalue weighted by Crippen LogP contribution is 2.25. The van der Waals surface area contributed by atoms with E-state index in [1.165, 1.54) is 6.26 Å². The van der Waals surface area contributed by atoms with Crippen molar-refractivity contribution in [3.63, 3.8) is 0 Å². The molecule has 1 N–H and O–H groups in total. The van der Waals surface area contributed by atoms with E-state index in [0.717, 1.165) is 0 Å². The molecule has 16 heavy (non-hydrogen) atoms. The second-order valence-electron chi connectivity index (χ2n) is 3.52. The van der Waals surface area contributed by atoms with E-state index in [1.807, 2.05) is 6.07 Å². The first-order chi connectivity index (χ1) is 7.65. The highest BCUT2D eigenvalue weighted by Gasteiger charge is 2.19. The summed E-state index contributed by atoms with van der Waals surface area (Å²) in [4.78, 5) is 0.276. The summed E-state index contributed by atoms with van der Waals surface area (Å²) in [5.74, 6) is 0.0764. The van der Waals surface area contributed by atoms with Crippen molar-refractivity contribution in [2.24, 2.45) is 0 Å². The minimum absolute atomic E-state index is 0.0764. The summed E-state index contributed by atoms with van der Waals surface area (Å²) in [6, 6.07) is 7.13. The van der Waals surface area contributed by atoms with Crippen LogP contribution < -0.4 is 5.32 Å². The highest BCUT2D eigenvalue weighted by molar-refractivity contribution is 7.91. The molecule has 0 fully saturated rings. The summed E-state index contributed by atoms with van der Waals surface area (Å²) in [6.45, 7) is 0.432. The molecule has 0 saturated heterocycles. The number of rotatable bonds is 4. The van der Waals surface area contributed by atoms with Gasteiger partial charge in [-0.1, -0.05) is 12.1 Å². The maximum atomic E-state index is 12.0. The number of benzene rings is 1. The molecule has 0 saturated carbocycles. The van der Waals surface area contributed by atoms with Gasteiger partial charge >= 0.3 is 0 Å². The van der Waals surface area contributed by atoms with Gasteiger partial charge in [0.15, 0.2) is 9.84 Å². The maximum Gasteiger partial charge on any atom is 0.183 e. The van der Waals surface area contributed by atoms with Crippen LogP contribution in [0.2, 0.25) is 0 Å². The van der Waals surface area contributed by atoms with Gasteiger partial charge in [-0.25, -0.2) is 8.42 Å². The fourth-order valence-electron chi connectivity index (χ4n) is 1.54. The predicted molar refractivity (Wildman–Crippen MR) is 62.2 cm³/mol. The van der Waals surface area contributed by atoms with Crippen LogP contribution in [0, 0.1) is 0 Å². The second kappa shape index (κ2) is 4.27. The summed E-state index contributed by atoms with van der Waals surface area (Å²) < 4.78 is 29.1. The van der Waals surface area contributed by atoms with E-state index in [9.17, 15) is 8.42 Å². The summed E-state index contributed by atoms with van der Waals surface area (Å²) in [5.41, 5.74) is 0.602. The molecule has 86 valence electrons. The van der Waals surface area contributed by atoms with Gasteiger partial charge in [0.2, 0.25) is 0 Å². The fraction of sp³-hybridized carbons (Fsp3) is 0.273. The van der Waals surface area contributed by atoms with Crippen LogP contribution >= 0.6 is 0 Å². The SMILES string of the molecule is CNCCS(=O)(=O)c1coc2ccccc12. The smallest absolute Gasteiger partial charge is 0.183 e. The quantitative estimate of drug-likeness (QED) is 0.876. The molecule has 0 amide bonds. The monoisotopic (exact) mass is 239 g/mol. The van der Waals surface area contributed by atoms with Gasteiger partial charge in [0.25, 0.3) is 0 Å². The van der Waals surface area contributed by atoms with Gasteiger partial charge in [-0.05, 0) is 19.2 Å². The Balaban J connectivity index is 2.47. The van der Waals surface area contributed by atoms with Crippen LogP contribution in [-0.4, -0.2) is 27.8 Å². The van der Waals surface area contributed by atoms with Gasteiger partial charge in [0, 0.05) is 11.9 Å². The molecule has 0 aliphatic rings. The number of furan rings is 1. The van der Waals surface area contributed by atoms with Crippen molar-refractivity contribution >= 4 is 20.8 Å². The first-order valence-corrected chi connectivity index (χ1v) is 6.64. The lowest BCUT2D eigenvalue weighted by Crippen LogP contribution is -2.19. The van der Waals surface area contributed by atoms with E-state index in [-0.39, 0.29) is 10.6 Å². The topological polar surface area (TPSA) is 59.3 Å². The zero-order valence-corrected chi connectivity index (χ0v) is 9.75. The van der Waals surface area contributed by atoms with E-state index >= 15 is 0 Å². The third kappa shape index (κ3) is 1.96. The Morgan fingerprint density at radius 2 is 2.06 bits per heavy atom. The Bertz CT molecular complexity index is 586. The van der Waals surface area contributed by atoms with Crippen LogP contribution in [0.1, 0.15) is 0 Å². The van der Waals surface area contributed by atoms with Crippen molar-refractivity contribution in [3.05, 3.63) is 30.5 Å². The Kier molecular flexibility index (Phi) is 2.98. The third-order valence-electron chi connectivity index (χ3n) is 2.40. The van der Waals surface area contributed by atoms with Crippen molar-refractivity contribution in [2.45, 2.75) is 4.90 Å².